The number of alkyl halides is 17. The van der Waals surface area contributed by atoms with Gasteiger partial charge in [-0.15, -0.1) is 0 Å². The Hall–Kier alpha value is -2.11. The zero-order chi connectivity index (χ0) is 40.2. The third kappa shape index (κ3) is 7.94. The Labute approximate surface area is 284 Å². The monoisotopic (exact) mass is 892 g/mol. The Balaban J connectivity index is 0.000000523. The molecular formula is C28H26F17IO3S. The highest BCUT2D eigenvalue weighted by Gasteiger charge is 2.95. The molecule has 0 aliphatic rings. The maximum atomic E-state index is 13.0. The van der Waals surface area contributed by atoms with Crippen molar-refractivity contribution in [3.8, 4) is 0 Å². The van der Waals surface area contributed by atoms with E-state index in [0.29, 0.717) is 0 Å². The molecule has 0 saturated carbocycles. The second-order valence-electron chi connectivity index (χ2n) is 12.5. The lowest BCUT2D eigenvalue weighted by Crippen LogP contribution is -3.62. The van der Waals surface area contributed by atoms with Crippen molar-refractivity contribution in [1.82, 2.24) is 0 Å². The molecule has 2 aromatic carbocycles. The second kappa shape index (κ2) is 13.7. The summed E-state index contributed by atoms with van der Waals surface area (Å²) in [6.07, 6.45) is -7.89. The SMILES string of the molecule is CC(C)(C)c1ccccc1[I+]c1ccccc1C(C)(C)C.O=S(=O)([O-])C(F)(F)C(F)(F)C(F)(F)C(F)(F)C(F)(F)C(F)(F)C(F)(F)C(F)(F)F. The van der Waals surface area contributed by atoms with Gasteiger partial charge in [0.1, 0.15) is 0 Å². The smallest absolute Gasteiger partial charge is 0.460 e. The molecular weight excluding hydrogens is 866 g/mol. The van der Waals surface area contributed by atoms with E-state index in [1.54, 1.807) is 7.14 Å². The molecule has 288 valence electrons. The predicted octanol–water partition coefficient (Wildman–Crippen LogP) is 6.91. The van der Waals surface area contributed by atoms with E-state index in [1.807, 2.05) is 0 Å². The lowest BCUT2D eigenvalue weighted by molar-refractivity contribution is -0.599. The Morgan fingerprint density at radius 3 is 0.980 bits per heavy atom. The summed E-state index contributed by atoms with van der Waals surface area (Å²) in [4.78, 5) is 0. The molecule has 0 aliphatic heterocycles. The van der Waals surface area contributed by atoms with Gasteiger partial charge in [-0.05, 0) is 23.0 Å². The van der Waals surface area contributed by atoms with Gasteiger partial charge in [-0.1, -0.05) is 77.9 Å². The first-order chi connectivity index (χ1) is 21.7. The van der Waals surface area contributed by atoms with Crippen molar-refractivity contribution < 1.29 is 109 Å². The molecule has 0 N–H and O–H groups in total. The highest BCUT2D eigenvalue weighted by molar-refractivity contribution is 7.86. The van der Waals surface area contributed by atoms with Crippen LogP contribution in [0.25, 0.3) is 0 Å². The van der Waals surface area contributed by atoms with Crippen LogP contribution in [0.5, 0.6) is 0 Å². The van der Waals surface area contributed by atoms with Gasteiger partial charge in [0.25, 0.3) is 0 Å². The molecule has 0 unspecified atom stereocenters. The lowest BCUT2D eigenvalue weighted by atomic mass is 9.87. The van der Waals surface area contributed by atoms with Gasteiger partial charge in [-0.2, -0.15) is 74.6 Å². The van der Waals surface area contributed by atoms with Gasteiger partial charge >= 0.3 is 68.2 Å². The molecule has 2 aromatic rings. The van der Waals surface area contributed by atoms with Crippen molar-refractivity contribution in [3.05, 3.63) is 66.8 Å². The van der Waals surface area contributed by atoms with Gasteiger partial charge in [0.05, 0.1) is 0 Å². The van der Waals surface area contributed by atoms with Gasteiger partial charge < -0.3 is 4.55 Å². The molecule has 0 aliphatic carbocycles. The van der Waals surface area contributed by atoms with Crippen molar-refractivity contribution in [2.75, 3.05) is 0 Å². The van der Waals surface area contributed by atoms with Crippen molar-refractivity contribution in [1.29, 1.82) is 0 Å². The molecule has 2 rings (SSSR count). The predicted molar refractivity (Wildman–Crippen MR) is 138 cm³/mol. The van der Waals surface area contributed by atoms with Crippen LogP contribution in [-0.4, -0.2) is 59.9 Å². The zero-order valence-electron chi connectivity index (χ0n) is 26.1. The fourth-order valence-electron chi connectivity index (χ4n) is 3.72. The van der Waals surface area contributed by atoms with Gasteiger partial charge in [-0.25, -0.2) is 8.42 Å². The molecule has 3 nitrogen and oxygen atoms in total. The molecule has 0 fully saturated rings. The minimum atomic E-state index is -8.92. The van der Waals surface area contributed by atoms with E-state index in [1.165, 1.54) is 11.1 Å². The van der Waals surface area contributed by atoms with E-state index < -0.39 is 57.1 Å². The average Bonchev–Trinajstić information content (AvgIpc) is 2.91. The van der Waals surface area contributed by atoms with E-state index in [4.69, 9.17) is 0 Å². The summed E-state index contributed by atoms with van der Waals surface area (Å²) in [6.45, 7) is 13.9. The minimum Gasteiger partial charge on any atom is -0.743 e. The summed E-state index contributed by atoms with van der Waals surface area (Å²) in [7, 11) is -8.14. The fourth-order valence-corrected chi connectivity index (χ4v) is 8.12. The fraction of sp³-hybridized carbons (Fsp3) is 0.571. The van der Waals surface area contributed by atoms with Crippen LogP contribution in [0, 0.1) is 7.14 Å². The molecule has 0 amide bonds. The molecule has 0 radical (unpaired) electrons. The maximum absolute atomic E-state index is 13.0. The van der Waals surface area contributed by atoms with Crippen LogP contribution in [0.3, 0.4) is 0 Å². The van der Waals surface area contributed by atoms with Crippen molar-refractivity contribution >= 4 is 10.1 Å². The standard InChI is InChI=1S/C20H26I.C8HF17O3S/c1-19(2,3)15-11-7-9-13-17(15)21-18-14-10-8-12-16(18)20(4,5)6;9-1(10,3(13,14)5(17,18)7(21,22)23)2(11,12)4(15,16)6(19,20)8(24,25)29(26,27)28/h7-14H,1-6H3;(H,26,27,28)/q+1;/p-1. The van der Waals surface area contributed by atoms with Gasteiger partial charge in [0, 0.05) is 11.1 Å². The molecule has 0 aromatic heterocycles. The van der Waals surface area contributed by atoms with Gasteiger partial charge in [-0.3, -0.25) is 0 Å². The van der Waals surface area contributed by atoms with E-state index in [9.17, 15) is 87.6 Å². The first-order valence-electron chi connectivity index (χ1n) is 13.2. The highest BCUT2D eigenvalue weighted by atomic mass is 127. The Morgan fingerprint density at radius 1 is 0.460 bits per heavy atom. The van der Waals surface area contributed by atoms with Crippen molar-refractivity contribution in [2.24, 2.45) is 0 Å². The minimum absolute atomic E-state index is 0.147. The number of hydrogen-bond donors (Lipinski definition) is 0. The van der Waals surface area contributed by atoms with Crippen LogP contribution in [0.2, 0.25) is 0 Å². The summed E-state index contributed by atoms with van der Waals surface area (Å²) < 4.78 is 247. The molecule has 0 saturated heterocycles. The third-order valence-corrected chi connectivity index (χ3v) is 10.5. The number of benzene rings is 2. The molecule has 0 bridgehead atoms. The first kappa shape index (κ1) is 45.9. The van der Waals surface area contributed by atoms with Crippen LogP contribution < -0.4 is 21.2 Å². The Morgan fingerprint density at radius 2 is 0.720 bits per heavy atom. The van der Waals surface area contributed by atoms with E-state index >= 15 is 0 Å². The molecule has 0 atom stereocenters. The normalized spacial score (nSPS) is 15.0. The zero-order valence-corrected chi connectivity index (χ0v) is 29.0. The quantitative estimate of drug-likeness (QED) is 0.157. The molecule has 0 spiro atoms. The molecule has 0 heterocycles. The van der Waals surface area contributed by atoms with Crippen molar-refractivity contribution in [2.45, 2.75) is 99.3 Å². The molecule has 50 heavy (non-hydrogen) atoms. The summed E-state index contributed by atoms with van der Waals surface area (Å²) in [5.41, 5.74) is 3.43. The Kier molecular flexibility index (Phi) is 12.6. The largest absolute Gasteiger partial charge is 0.743 e. The summed E-state index contributed by atoms with van der Waals surface area (Å²) >= 11 is -0.147. The van der Waals surface area contributed by atoms with E-state index in [2.05, 4.69) is 90.1 Å². The van der Waals surface area contributed by atoms with Crippen LogP contribution in [-0.2, 0) is 20.9 Å². The van der Waals surface area contributed by atoms with Crippen LogP contribution >= 0.6 is 0 Å². The highest BCUT2D eigenvalue weighted by Crippen LogP contribution is 2.64. The third-order valence-electron chi connectivity index (χ3n) is 6.57. The van der Waals surface area contributed by atoms with E-state index in [-0.39, 0.29) is 32.0 Å². The van der Waals surface area contributed by atoms with Crippen molar-refractivity contribution in [3.63, 3.8) is 0 Å². The summed E-state index contributed by atoms with van der Waals surface area (Å²) in [6, 6.07) is 18.0. The lowest BCUT2D eigenvalue weighted by Gasteiger charge is -2.42. The van der Waals surface area contributed by atoms with Crippen LogP contribution in [0.4, 0.5) is 74.6 Å². The maximum Gasteiger partial charge on any atom is 0.460 e. The molecule has 22 heteroatoms. The Bertz CT molecular complexity index is 1550. The number of halogens is 18. The second-order valence-corrected chi connectivity index (χ2v) is 16.8. The number of hydrogen-bond acceptors (Lipinski definition) is 3. The van der Waals surface area contributed by atoms with Gasteiger partial charge in [0.2, 0.25) is 0 Å². The first-order valence-corrected chi connectivity index (χ1v) is 16.8. The topological polar surface area (TPSA) is 57.2 Å². The average molecular weight is 892 g/mol. The van der Waals surface area contributed by atoms with Crippen LogP contribution in [0.15, 0.2) is 48.5 Å². The number of rotatable bonds is 9. The van der Waals surface area contributed by atoms with E-state index in [0.717, 1.165) is 0 Å². The van der Waals surface area contributed by atoms with Gasteiger partial charge in [0.15, 0.2) is 17.3 Å². The summed E-state index contributed by atoms with van der Waals surface area (Å²) in [5.74, 6) is -52.1. The van der Waals surface area contributed by atoms with Crippen LogP contribution in [0.1, 0.15) is 52.7 Å². The summed E-state index contributed by atoms with van der Waals surface area (Å²) in [5, 5.41) is -7.95.